The van der Waals surface area contributed by atoms with Gasteiger partial charge in [0.15, 0.2) is 5.96 Å². The quantitative estimate of drug-likeness (QED) is 0.447. The van der Waals surface area contributed by atoms with Gasteiger partial charge in [0.1, 0.15) is 0 Å². The van der Waals surface area contributed by atoms with E-state index in [-0.39, 0.29) is 5.96 Å². The molecule has 1 aromatic rings. The van der Waals surface area contributed by atoms with Gasteiger partial charge in [0.05, 0.1) is 12.2 Å². The highest BCUT2D eigenvalue weighted by Gasteiger charge is 1.94. The van der Waals surface area contributed by atoms with E-state index in [1.165, 1.54) is 0 Å². The van der Waals surface area contributed by atoms with E-state index < -0.39 is 0 Å². The van der Waals surface area contributed by atoms with Gasteiger partial charge in [-0.05, 0) is 18.7 Å². The molecule has 0 saturated carbocycles. The molecule has 1 rings (SSSR count). The largest absolute Gasteiger partial charge is 0.370 e. The first-order valence-electron chi connectivity index (χ1n) is 4.36. The number of nitrogens with zero attached hydrogens (tertiary/aromatic N) is 2. The Morgan fingerprint density at radius 3 is 2.79 bits per heavy atom. The molecule has 0 aliphatic heterocycles. The summed E-state index contributed by atoms with van der Waals surface area (Å²) in [4.78, 5) is 8.12. The summed E-state index contributed by atoms with van der Waals surface area (Å²) in [5.74, 6) is 0.101. The van der Waals surface area contributed by atoms with E-state index in [1.54, 1.807) is 6.20 Å². The lowest BCUT2D eigenvalue weighted by Crippen LogP contribution is -2.22. The third kappa shape index (κ3) is 3.40. The highest BCUT2D eigenvalue weighted by atomic mass is 15.0. The van der Waals surface area contributed by atoms with Gasteiger partial charge in [-0.2, -0.15) is 0 Å². The number of pyridine rings is 1. The molecular weight excluding hydrogens is 178 g/mol. The Hall–Kier alpha value is -1.62. The molecule has 5 nitrogen and oxygen atoms in total. The highest BCUT2D eigenvalue weighted by Crippen LogP contribution is 2.01. The molecule has 0 aromatic carbocycles. The minimum Gasteiger partial charge on any atom is -0.370 e. The third-order valence-corrected chi connectivity index (χ3v) is 1.69. The molecule has 1 heterocycles. The van der Waals surface area contributed by atoms with Crippen LogP contribution in [0.4, 0.5) is 0 Å². The van der Waals surface area contributed by atoms with Crippen LogP contribution in [0.15, 0.2) is 23.3 Å². The summed E-state index contributed by atoms with van der Waals surface area (Å²) in [7, 11) is 1.88. The second-order valence-corrected chi connectivity index (χ2v) is 2.93. The highest BCUT2D eigenvalue weighted by molar-refractivity contribution is 5.75. The van der Waals surface area contributed by atoms with Crippen LogP contribution in [0.1, 0.15) is 11.3 Å². The zero-order valence-electron chi connectivity index (χ0n) is 8.20. The molecule has 5 N–H and O–H groups in total. The third-order valence-electron chi connectivity index (χ3n) is 1.69. The first kappa shape index (κ1) is 10.5. The second kappa shape index (κ2) is 5.18. The lowest BCUT2D eigenvalue weighted by Gasteiger charge is -2.00. The van der Waals surface area contributed by atoms with Crippen LogP contribution in [0, 0.1) is 0 Å². The van der Waals surface area contributed by atoms with Crippen LogP contribution in [0.5, 0.6) is 0 Å². The molecule has 0 aliphatic rings. The van der Waals surface area contributed by atoms with E-state index in [0.717, 1.165) is 17.8 Å². The van der Waals surface area contributed by atoms with Gasteiger partial charge in [0.2, 0.25) is 0 Å². The van der Waals surface area contributed by atoms with Crippen molar-refractivity contribution < 1.29 is 0 Å². The molecule has 5 heteroatoms. The molecule has 0 bridgehead atoms. The average Bonchev–Trinajstić information content (AvgIpc) is 2.17. The van der Waals surface area contributed by atoms with Gasteiger partial charge in [0, 0.05) is 12.7 Å². The van der Waals surface area contributed by atoms with E-state index >= 15 is 0 Å². The first-order valence-corrected chi connectivity index (χ1v) is 4.36. The lowest BCUT2D eigenvalue weighted by molar-refractivity contribution is 0.788. The number of aliphatic imine (C=N–C) groups is 1. The van der Waals surface area contributed by atoms with Crippen molar-refractivity contribution in [1.82, 2.24) is 10.3 Å². The molecule has 0 atom stereocenters. The van der Waals surface area contributed by atoms with E-state index in [1.807, 2.05) is 19.2 Å². The van der Waals surface area contributed by atoms with Crippen molar-refractivity contribution >= 4 is 5.96 Å². The maximum atomic E-state index is 5.22. The molecule has 0 fully saturated rings. The minimum atomic E-state index is 0.101. The summed E-state index contributed by atoms with van der Waals surface area (Å²) >= 11 is 0. The van der Waals surface area contributed by atoms with Crippen molar-refractivity contribution in [3.05, 3.63) is 29.6 Å². The summed E-state index contributed by atoms with van der Waals surface area (Å²) in [6, 6.07) is 3.92. The van der Waals surface area contributed by atoms with Crippen LogP contribution in [-0.2, 0) is 13.1 Å². The van der Waals surface area contributed by atoms with Gasteiger partial charge in [-0.3, -0.25) is 4.98 Å². The Morgan fingerprint density at radius 1 is 1.50 bits per heavy atom. The van der Waals surface area contributed by atoms with Crippen LogP contribution in [0.25, 0.3) is 0 Å². The first-order chi connectivity index (χ1) is 6.72. The summed E-state index contributed by atoms with van der Waals surface area (Å²) in [5, 5.41) is 3.02. The topological polar surface area (TPSA) is 89.3 Å². The van der Waals surface area contributed by atoms with Crippen LogP contribution in [-0.4, -0.2) is 18.0 Å². The number of rotatable bonds is 4. The second-order valence-electron chi connectivity index (χ2n) is 2.93. The number of nitrogens with two attached hydrogens (primary N) is 2. The van der Waals surface area contributed by atoms with Crippen LogP contribution in [0.2, 0.25) is 0 Å². The molecule has 0 aliphatic carbocycles. The number of aromatic nitrogens is 1. The van der Waals surface area contributed by atoms with E-state index in [4.69, 9.17) is 11.5 Å². The predicted molar refractivity (Wildman–Crippen MR) is 56.5 cm³/mol. The van der Waals surface area contributed by atoms with Gasteiger partial charge >= 0.3 is 0 Å². The van der Waals surface area contributed by atoms with Gasteiger partial charge in [-0.1, -0.05) is 6.07 Å². The Labute approximate surface area is 83.2 Å². The van der Waals surface area contributed by atoms with Crippen molar-refractivity contribution in [2.75, 3.05) is 7.05 Å². The number of hydrogen-bond donors (Lipinski definition) is 3. The molecule has 76 valence electrons. The maximum absolute atomic E-state index is 5.22. The summed E-state index contributed by atoms with van der Waals surface area (Å²) in [6.45, 7) is 1.25. The monoisotopic (exact) mass is 193 g/mol. The molecule has 0 radical (unpaired) electrons. The van der Waals surface area contributed by atoms with Crippen molar-refractivity contribution in [2.45, 2.75) is 13.1 Å². The van der Waals surface area contributed by atoms with Crippen LogP contribution >= 0.6 is 0 Å². The molecule has 0 unspecified atom stereocenters. The molecular formula is C9H15N5. The van der Waals surface area contributed by atoms with Crippen molar-refractivity contribution in [2.24, 2.45) is 16.5 Å². The van der Waals surface area contributed by atoms with Crippen molar-refractivity contribution in [3.8, 4) is 0 Å². The summed E-state index contributed by atoms with van der Waals surface area (Å²) in [6.07, 6.45) is 1.78. The maximum Gasteiger partial charge on any atom is 0.186 e. The number of guanidine groups is 1. The van der Waals surface area contributed by atoms with Crippen molar-refractivity contribution in [3.63, 3.8) is 0 Å². The fourth-order valence-electron chi connectivity index (χ4n) is 1.02. The molecule has 1 aromatic heterocycles. The Bertz CT molecular complexity index is 299. The lowest BCUT2D eigenvalue weighted by atomic mass is 10.2. The molecule has 0 saturated heterocycles. The van der Waals surface area contributed by atoms with E-state index in [2.05, 4.69) is 15.3 Å². The van der Waals surface area contributed by atoms with Gasteiger partial charge in [-0.25, -0.2) is 4.99 Å². The molecule has 14 heavy (non-hydrogen) atoms. The van der Waals surface area contributed by atoms with E-state index in [0.29, 0.717) is 6.54 Å². The Balaban J connectivity index is 2.59. The summed E-state index contributed by atoms with van der Waals surface area (Å²) < 4.78 is 0. The van der Waals surface area contributed by atoms with Gasteiger partial charge in [0.25, 0.3) is 0 Å². The smallest absolute Gasteiger partial charge is 0.186 e. The normalized spacial score (nSPS) is 9.79. The summed E-state index contributed by atoms with van der Waals surface area (Å²) in [5.41, 5.74) is 12.4. The fraction of sp³-hybridized carbons (Fsp3) is 0.333. The zero-order valence-corrected chi connectivity index (χ0v) is 8.20. The van der Waals surface area contributed by atoms with Gasteiger partial charge in [-0.15, -0.1) is 0 Å². The number of nitrogens with one attached hydrogen (secondary N) is 1. The fourth-order valence-corrected chi connectivity index (χ4v) is 1.02. The Kier molecular flexibility index (Phi) is 3.87. The van der Waals surface area contributed by atoms with Crippen LogP contribution < -0.4 is 16.8 Å². The molecule has 0 spiro atoms. The van der Waals surface area contributed by atoms with Crippen molar-refractivity contribution in [1.29, 1.82) is 0 Å². The van der Waals surface area contributed by atoms with E-state index in [9.17, 15) is 0 Å². The molecule has 0 amide bonds. The van der Waals surface area contributed by atoms with Gasteiger partial charge < -0.3 is 16.8 Å². The predicted octanol–water partition coefficient (Wildman–Crippen LogP) is -0.426. The standard InChI is InChI=1S/C9H15N5/c1-12-6-8-3-2-7(4-13-8)5-14-9(10)11/h2-4,12H,5-6H2,1H3,(H4,10,11,14). The average molecular weight is 193 g/mol. The number of hydrogen-bond acceptors (Lipinski definition) is 3. The van der Waals surface area contributed by atoms with Crippen LogP contribution in [0.3, 0.4) is 0 Å². The SMILES string of the molecule is CNCc1ccc(CN=C(N)N)cn1. The Morgan fingerprint density at radius 2 is 2.29 bits per heavy atom. The zero-order chi connectivity index (χ0) is 10.4. The minimum absolute atomic E-state index is 0.101.